The molecule has 2 aromatic carbocycles. The Bertz CT molecular complexity index is 670. The molecule has 2 atom stereocenters. The standard InChI is InChI=1S/C16H19O4P/c1-3-18-21(17,19-4-2)16-15(20-16)14-11-7-9-12-8-5-6-10-13(12)14/h5-11,15-16H,3-4H2,1-2H3/t15-,16-/m1/s1. The van der Waals surface area contributed by atoms with E-state index in [-0.39, 0.29) is 6.10 Å². The van der Waals surface area contributed by atoms with Crippen LogP contribution in [0.1, 0.15) is 25.5 Å². The van der Waals surface area contributed by atoms with Gasteiger partial charge >= 0.3 is 7.60 Å². The van der Waals surface area contributed by atoms with Gasteiger partial charge in [-0.25, -0.2) is 0 Å². The minimum Gasteiger partial charge on any atom is -0.351 e. The number of epoxide rings is 1. The van der Waals surface area contributed by atoms with Crippen molar-refractivity contribution in [2.24, 2.45) is 0 Å². The Morgan fingerprint density at radius 2 is 1.71 bits per heavy atom. The van der Waals surface area contributed by atoms with Crippen LogP contribution >= 0.6 is 7.60 Å². The van der Waals surface area contributed by atoms with Gasteiger partial charge in [-0.05, 0) is 30.2 Å². The molecule has 21 heavy (non-hydrogen) atoms. The van der Waals surface area contributed by atoms with Gasteiger partial charge in [0.05, 0.1) is 13.2 Å². The summed E-state index contributed by atoms with van der Waals surface area (Å²) in [7, 11) is -3.20. The van der Waals surface area contributed by atoms with Gasteiger partial charge in [-0.15, -0.1) is 0 Å². The van der Waals surface area contributed by atoms with Gasteiger partial charge in [0.1, 0.15) is 6.10 Å². The molecule has 1 fully saturated rings. The summed E-state index contributed by atoms with van der Waals surface area (Å²) in [5.74, 6) is -0.497. The zero-order chi connectivity index (χ0) is 14.9. The fourth-order valence-corrected chi connectivity index (χ4v) is 4.48. The SMILES string of the molecule is CCOP(=O)(OCC)[C@H]1O[C@@H]1c1cccc2ccccc12. The first kappa shape index (κ1) is 14.7. The summed E-state index contributed by atoms with van der Waals surface area (Å²) < 4.78 is 29.1. The van der Waals surface area contributed by atoms with E-state index >= 15 is 0 Å². The van der Waals surface area contributed by atoms with E-state index in [2.05, 4.69) is 18.2 Å². The largest absolute Gasteiger partial charge is 0.362 e. The van der Waals surface area contributed by atoms with Crippen molar-refractivity contribution in [1.82, 2.24) is 0 Å². The Balaban J connectivity index is 1.91. The zero-order valence-electron chi connectivity index (χ0n) is 12.2. The van der Waals surface area contributed by atoms with E-state index in [0.717, 1.165) is 16.3 Å². The molecule has 0 radical (unpaired) electrons. The molecule has 112 valence electrons. The van der Waals surface area contributed by atoms with E-state index in [1.807, 2.05) is 24.3 Å². The van der Waals surface area contributed by atoms with E-state index in [1.165, 1.54) is 0 Å². The summed E-state index contributed by atoms with van der Waals surface area (Å²) in [4.78, 5) is 0. The Kier molecular flexibility index (Phi) is 4.14. The van der Waals surface area contributed by atoms with Gasteiger partial charge < -0.3 is 13.8 Å². The van der Waals surface area contributed by atoms with Gasteiger partial charge in [0, 0.05) is 0 Å². The van der Waals surface area contributed by atoms with Gasteiger partial charge in [0.2, 0.25) is 0 Å². The van der Waals surface area contributed by atoms with Crippen LogP contribution in [-0.2, 0) is 18.3 Å². The second kappa shape index (κ2) is 5.90. The monoisotopic (exact) mass is 306 g/mol. The highest BCUT2D eigenvalue weighted by Gasteiger charge is 2.56. The van der Waals surface area contributed by atoms with Gasteiger partial charge in [-0.3, -0.25) is 4.57 Å². The molecule has 0 saturated carbocycles. The summed E-state index contributed by atoms with van der Waals surface area (Å²) in [6.07, 6.45) is -0.222. The fourth-order valence-electron chi connectivity index (χ4n) is 2.61. The van der Waals surface area contributed by atoms with Crippen molar-refractivity contribution in [3.63, 3.8) is 0 Å². The molecule has 0 bridgehead atoms. The van der Waals surface area contributed by atoms with Gasteiger partial charge in [-0.2, -0.15) is 0 Å². The first-order valence-corrected chi connectivity index (χ1v) is 8.82. The Morgan fingerprint density at radius 1 is 1.05 bits per heavy atom. The van der Waals surface area contributed by atoms with Crippen LogP contribution in [0.2, 0.25) is 0 Å². The van der Waals surface area contributed by atoms with Crippen molar-refractivity contribution in [1.29, 1.82) is 0 Å². The molecule has 4 nitrogen and oxygen atoms in total. The summed E-state index contributed by atoms with van der Waals surface area (Å²) in [5, 5.41) is 2.26. The molecule has 0 spiro atoms. The third kappa shape index (κ3) is 2.77. The summed E-state index contributed by atoms with van der Waals surface area (Å²) in [5.41, 5.74) is 1.04. The number of ether oxygens (including phenoxy) is 1. The topological polar surface area (TPSA) is 48.1 Å². The molecule has 2 aromatic rings. The summed E-state index contributed by atoms with van der Waals surface area (Å²) in [6, 6.07) is 14.2. The van der Waals surface area contributed by atoms with Crippen LogP contribution < -0.4 is 0 Å². The predicted octanol–water partition coefficient (Wildman–Crippen LogP) is 4.50. The maximum Gasteiger partial charge on any atom is 0.362 e. The molecule has 1 heterocycles. The molecular weight excluding hydrogens is 287 g/mol. The van der Waals surface area contributed by atoms with Crippen molar-refractivity contribution < 1.29 is 18.3 Å². The van der Waals surface area contributed by atoms with Crippen LogP contribution in [0.4, 0.5) is 0 Å². The van der Waals surface area contributed by atoms with Gasteiger partial charge in [-0.1, -0.05) is 42.5 Å². The van der Waals surface area contributed by atoms with Crippen LogP contribution in [0.5, 0.6) is 0 Å². The van der Waals surface area contributed by atoms with Crippen LogP contribution in [0.3, 0.4) is 0 Å². The molecule has 0 amide bonds. The summed E-state index contributed by atoms with van der Waals surface area (Å²) >= 11 is 0. The lowest BCUT2D eigenvalue weighted by Gasteiger charge is -2.14. The minimum atomic E-state index is -3.20. The Labute approximate surface area is 124 Å². The van der Waals surface area contributed by atoms with Crippen molar-refractivity contribution in [3.8, 4) is 0 Å². The second-order valence-corrected chi connectivity index (χ2v) is 7.00. The highest BCUT2D eigenvalue weighted by Crippen LogP contribution is 2.66. The first-order chi connectivity index (χ1) is 10.2. The van der Waals surface area contributed by atoms with E-state index < -0.39 is 13.4 Å². The molecule has 1 aliphatic rings. The van der Waals surface area contributed by atoms with E-state index in [9.17, 15) is 4.57 Å². The quantitative estimate of drug-likeness (QED) is 0.582. The minimum absolute atomic E-state index is 0.222. The molecule has 0 unspecified atom stereocenters. The molecular formula is C16H19O4P. The van der Waals surface area contributed by atoms with Crippen molar-refractivity contribution >= 4 is 18.4 Å². The van der Waals surface area contributed by atoms with E-state index in [1.54, 1.807) is 13.8 Å². The highest BCUT2D eigenvalue weighted by atomic mass is 31.2. The van der Waals surface area contributed by atoms with Gasteiger partial charge in [0.15, 0.2) is 5.85 Å². The molecule has 0 N–H and O–H groups in total. The lowest BCUT2D eigenvalue weighted by Crippen LogP contribution is -2.02. The molecule has 3 rings (SSSR count). The number of hydrogen-bond acceptors (Lipinski definition) is 4. The molecule has 1 saturated heterocycles. The van der Waals surface area contributed by atoms with Crippen LogP contribution in [0.25, 0.3) is 10.8 Å². The van der Waals surface area contributed by atoms with Crippen molar-refractivity contribution in [2.75, 3.05) is 13.2 Å². The molecule has 1 aliphatic heterocycles. The van der Waals surface area contributed by atoms with E-state index in [0.29, 0.717) is 13.2 Å². The fraction of sp³-hybridized carbons (Fsp3) is 0.375. The predicted molar refractivity (Wildman–Crippen MR) is 82.4 cm³/mol. The van der Waals surface area contributed by atoms with Crippen LogP contribution in [-0.4, -0.2) is 19.1 Å². The number of hydrogen-bond donors (Lipinski definition) is 0. The van der Waals surface area contributed by atoms with Crippen LogP contribution in [0.15, 0.2) is 42.5 Å². The average Bonchev–Trinajstić information content (AvgIpc) is 3.28. The molecule has 0 aromatic heterocycles. The lowest BCUT2D eigenvalue weighted by molar-refractivity contribution is 0.208. The van der Waals surface area contributed by atoms with Crippen molar-refractivity contribution in [2.45, 2.75) is 25.8 Å². The zero-order valence-corrected chi connectivity index (χ0v) is 13.1. The normalized spacial score (nSPS) is 21.6. The maximum atomic E-state index is 12.7. The van der Waals surface area contributed by atoms with Gasteiger partial charge in [0.25, 0.3) is 0 Å². The second-order valence-electron chi connectivity index (χ2n) is 4.89. The smallest absolute Gasteiger partial charge is 0.351 e. The average molecular weight is 306 g/mol. The molecule has 0 aliphatic carbocycles. The number of benzene rings is 2. The highest BCUT2D eigenvalue weighted by molar-refractivity contribution is 7.54. The Morgan fingerprint density at radius 3 is 2.43 bits per heavy atom. The number of rotatable bonds is 6. The van der Waals surface area contributed by atoms with Crippen molar-refractivity contribution in [3.05, 3.63) is 48.0 Å². The lowest BCUT2D eigenvalue weighted by atomic mass is 10.0. The summed E-state index contributed by atoms with van der Waals surface area (Å²) in [6.45, 7) is 4.31. The maximum absolute atomic E-state index is 12.7. The Hall–Kier alpha value is -1.19. The molecule has 5 heteroatoms. The number of fused-ring (bicyclic) bond motifs is 1. The third-order valence-electron chi connectivity index (χ3n) is 3.53. The van der Waals surface area contributed by atoms with Crippen LogP contribution in [0, 0.1) is 0 Å². The first-order valence-electron chi connectivity index (χ1n) is 7.21. The third-order valence-corrected chi connectivity index (χ3v) is 5.78. The van der Waals surface area contributed by atoms with E-state index in [4.69, 9.17) is 13.8 Å².